The number of nitrogens with two attached hydrogens (primary N) is 1. The quantitative estimate of drug-likeness (QED) is 0.777. The molecule has 0 radical (unpaired) electrons. The van der Waals surface area contributed by atoms with E-state index in [1.165, 1.54) is 0 Å². The van der Waals surface area contributed by atoms with Gasteiger partial charge in [0.2, 0.25) is 0 Å². The van der Waals surface area contributed by atoms with E-state index in [1.807, 2.05) is 20.8 Å². The smallest absolute Gasteiger partial charge is 0.183 e. The molecule has 0 saturated heterocycles. The lowest BCUT2D eigenvalue weighted by Gasteiger charge is -2.05. The van der Waals surface area contributed by atoms with Crippen molar-refractivity contribution in [1.29, 1.82) is 0 Å². The predicted molar refractivity (Wildman–Crippen MR) is 58.8 cm³/mol. The van der Waals surface area contributed by atoms with Crippen LogP contribution in [0, 0.1) is 13.8 Å². The van der Waals surface area contributed by atoms with Crippen molar-refractivity contribution in [3.05, 3.63) is 15.6 Å². The molecule has 0 aliphatic heterocycles. The summed E-state index contributed by atoms with van der Waals surface area (Å²) in [4.78, 5) is 16.9. The largest absolute Gasteiger partial charge is 0.327 e. The first-order chi connectivity index (χ1) is 6.54. The van der Waals surface area contributed by atoms with Gasteiger partial charge in [0, 0.05) is 17.3 Å². The van der Waals surface area contributed by atoms with Gasteiger partial charge in [-0.05, 0) is 20.3 Å². The summed E-state index contributed by atoms with van der Waals surface area (Å²) in [6.45, 7) is 5.82. The van der Waals surface area contributed by atoms with E-state index in [9.17, 15) is 4.79 Å². The van der Waals surface area contributed by atoms with E-state index < -0.39 is 0 Å². The number of hydrogen-bond acceptors (Lipinski definition) is 4. The number of Topliss-reactive ketones (excluding diaryl/α,β-unsaturated/α-hetero) is 1. The molecule has 0 aliphatic carbocycles. The maximum Gasteiger partial charge on any atom is 0.183 e. The highest BCUT2D eigenvalue weighted by Gasteiger charge is 2.15. The lowest BCUT2D eigenvalue weighted by Crippen LogP contribution is -2.23. The summed E-state index contributed by atoms with van der Waals surface area (Å²) in [5.74, 6) is 0.0706. The minimum atomic E-state index is -0.0380. The van der Waals surface area contributed by atoms with Gasteiger partial charge in [0.1, 0.15) is 5.69 Å². The zero-order valence-electron chi connectivity index (χ0n) is 8.83. The fourth-order valence-corrected chi connectivity index (χ4v) is 2.10. The van der Waals surface area contributed by atoms with E-state index in [1.54, 1.807) is 11.3 Å². The van der Waals surface area contributed by atoms with Crippen LogP contribution in [0.15, 0.2) is 0 Å². The zero-order chi connectivity index (χ0) is 10.7. The first kappa shape index (κ1) is 11.3. The maximum absolute atomic E-state index is 11.7. The summed E-state index contributed by atoms with van der Waals surface area (Å²) in [5.41, 5.74) is 6.33. The third kappa shape index (κ3) is 2.62. The molecule has 14 heavy (non-hydrogen) atoms. The molecule has 1 unspecified atom stereocenters. The fraction of sp³-hybridized carbons (Fsp3) is 0.600. The van der Waals surface area contributed by atoms with Crippen molar-refractivity contribution in [2.24, 2.45) is 5.73 Å². The van der Waals surface area contributed by atoms with Gasteiger partial charge in [-0.1, -0.05) is 6.92 Å². The van der Waals surface area contributed by atoms with Crippen molar-refractivity contribution in [2.75, 3.05) is 0 Å². The third-order valence-electron chi connectivity index (χ3n) is 2.14. The minimum absolute atomic E-state index is 0.0380. The molecule has 2 N–H and O–H groups in total. The summed E-state index contributed by atoms with van der Waals surface area (Å²) in [6, 6.07) is -0.0380. The van der Waals surface area contributed by atoms with Crippen LogP contribution in [0.3, 0.4) is 0 Å². The molecule has 1 rings (SSSR count). The van der Waals surface area contributed by atoms with Gasteiger partial charge in [-0.2, -0.15) is 0 Å². The Morgan fingerprint density at radius 3 is 2.64 bits per heavy atom. The highest BCUT2D eigenvalue weighted by molar-refractivity contribution is 7.11. The zero-order valence-corrected chi connectivity index (χ0v) is 9.65. The number of aromatic nitrogens is 1. The van der Waals surface area contributed by atoms with Crippen molar-refractivity contribution in [2.45, 2.75) is 39.7 Å². The van der Waals surface area contributed by atoms with Crippen molar-refractivity contribution in [3.63, 3.8) is 0 Å². The molecule has 1 aromatic heterocycles. The Hall–Kier alpha value is -0.740. The summed E-state index contributed by atoms with van der Waals surface area (Å²) < 4.78 is 0. The van der Waals surface area contributed by atoms with Crippen LogP contribution < -0.4 is 5.73 Å². The number of rotatable bonds is 4. The van der Waals surface area contributed by atoms with E-state index in [0.717, 1.165) is 16.3 Å². The SMILES string of the molecule is CCC(N)CC(=O)c1nc(C)sc1C. The van der Waals surface area contributed by atoms with Crippen LogP contribution in [0.5, 0.6) is 0 Å². The van der Waals surface area contributed by atoms with E-state index in [-0.39, 0.29) is 11.8 Å². The molecule has 4 heteroatoms. The van der Waals surface area contributed by atoms with E-state index in [4.69, 9.17) is 5.73 Å². The van der Waals surface area contributed by atoms with Gasteiger partial charge in [-0.3, -0.25) is 4.79 Å². The second kappa shape index (κ2) is 4.66. The average molecular weight is 212 g/mol. The number of hydrogen-bond donors (Lipinski definition) is 1. The number of carbonyl (C=O) groups excluding carboxylic acids is 1. The Balaban J connectivity index is 2.74. The first-order valence-electron chi connectivity index (χ1n) is 4.77. The molecule has 0 amide bonds. The van der Waals surface area contributed by atoms with Crippen LogP contribution in [0.1, 0.15) is 40.1 Å². The standard InChI is InChI=1S/C10H16N2OS/c1-4-8(11)5-9(13)10-6(2)14-7(3)12-10/h8H,4-5,11H2,1-3H3. The summed E-state index contributed by atoms with van der Waals surface area (Å²) in [7, 11) is 0. The van der Waals surface area contributed by atoms with Crippen molar-refractivity contribution >= 4 is 17.1 Å². The second-order valence-corrected chi connectivity index (χ2v) is 4.84. The summed E-state index contributed by atoms with van der Waals surface area (Å²) in [6.07, 6.45) is 1.23. The molecule has 0 saturated carbocycles. The lowest BCUT2D eigenvalue weighted by molar-refractivity contribution is 0.0969. The van der Waals surface area contributed by atoms with Gasteiger partial charge in [-0.25, -0.2) is 4.98 Å². The monoisotopic (exact) mass is 212 g/mol. The number of nitrogens with zero attached hydrogens (tertiary/aromatic N) is 1. The molecule has 0 bridgehead atoms. The number of carbonyl (C=O) groups is 1. The van der Waals surface area contributed by atoms with Crippen LogP contribution in [0.4, 0.5) is 0 Å². The Kier molecular flexibility index (Phi) is 3.77. The third-order valence-corrected chi connectivity index (χ3v) is 3.03. The Morgan fingerprint density at radius 1 is 1.57 bits per heavy atom. The van der Waals surface area contributed by atoms with Crippen LogP contribution in [0.25, 0.3) is 0 Å². The predicted octanol–water partition coefficient (Wildman–Crippen LogP) is 2.07. The topological polar surface area (TPSA) is 56.0 Å². The van der Waals surface area contributed by atoms with Crippen LogP contribution in [-0.2, 0) is 0 Å². The van der Waals surface area contributed by atoms with Gasteiger partial charge in [-0.15, -0.1) is 11.3 Å². The second-order valence-electron chi connectivity index (χ2n) is 3.43. The lowest BCUT2D eigenvalue weighted by atomic mass is 10.1. The number of thiazole rings is 1. The molecule has 1 heterocycles. The van der Waals surface area contributed by atoms with E-state index in [2.05, 4.69) is 4.98 Å². The van der Waals surface area contributed by atoms with Crippen molar-refractivity contribution in [3.8, 4) is 0 Å². The molecule has 3 nitrogen and oxygen atoms in total. The molecule has 0 aliphatic rings. The van der Waals surface area contributed by atoms with Gasteiger partial charge in [0.15, 0.2) is 5.78 Å². The highest BCUT2D eigenvalue weighted by atomic mass is 32.1. The Morgan fingerprint density at radius 2 is 2.21 bits per heavy atom. The summed E-state index contributed by atoms with van der Waals surface area (Å²) >= 11 is 1.56. The van der Waals surface area contributed by atoms with Crippen LogP contribution in [-0.4, -0.2) is 16.8 Å². The van der Waals surface area contributed by atoms with Crippen LogP contribution in [0.2, 0.25) is 0 Å². The van der Waals surface area contributed by atoms with Crippen LogP contribution >= 0.6 is 11.3 Å². The highest BCUT2D eigenvalue weighted by Crippen LogP contribution is 2.18. The Bertz CT molecular complexity index is 333. The molecular formula is C10H16N2OS. The molecule has 1 aromatic rings. The molecule has 78 valence electrons. The normalized spacial score (nSPS) is 12.9. The molecule has 0 spiro atoms. The van der Waals surface area contributed by atoms with Gasteiger partial charge in [0.05, 0.1) is 5.01 Å². The first-order valence-corrected chi connectivity index (χ1v) is 5.59. The molecular weight excluding hydrogens is 196 g/mol. The van der Waals surface area contributed by atoms with Gasteiger partial charge in [0.25, 0.3) is 0 Å². The van der Waals surface area contributed by atoms with Crippen molar-refractivity contribution < 1.29 is 4.79 Å². The van der Waals surface area contributed by atoms with E-state index >= 15 is 0 Å². The molecule has 1 atom stereocenters. The molecule has 0 aromatic carbocycles. The average Bonchev–Trinajstić information content (AvgIpc) is 2.45. The fourth-order valence-electron chi connectivity index (χ4n) is 1.27. The minimum Gasteiger partial charge on any atom is -0.327 e. The van der Waals surface area contributed by atoms with E-state index in [0.29, 0.717) is 12.1 Å². The Labute approximate surface area is 88.3 Å². The van der Waals surface area contributed by atoms with Gasteiger partial charge < -0.3 is 5.73 Å². The van der Waals surface area contributed by atoms with Crippen molar-refractivity contribution in [1.82, 2.24) is 4.98 Å². The molecule has 0 fully saturated rings. The van der Waals surface area contributed by atoms with Gasteiger partial charge >= 0.3 is 0 Å². The maximum atomic E-state index is 11.7. The summed E-state index contributed by atoms with van der Waals surface area (Å²) in [5, 5.41) is 0.941. The number of ketones is 1. The number of aryl methyl sites for hydroxylation is 2.